The van der Waals surface area contributed by atoms with Crippen molar-refractivity contribution >= 4 is 11.3 Å². The first-order valence-corrected chi connectivity index (χ1v) is 7.72. The van der Waals surface area contributed by atoms with E-state index in [1.165, 1.54) is 11.1 Å². The number of nitrogens with zero attached hydrogens (tertiary/aromatic N) is 1. The number of methoxy groups -OCH3 is 1. The Balaban J connectivity index is 2.52. The van der Waals surface area contributed by atoms with Gasteiger partial charge in [-0.25, -0.2) is 4.98 Å². The summed E-state index contributed by atoms with van der Waals surface area (Å²) in [5.74, 6) is 1.36. The van der Waals surface area contributed by atoms with Gasteiger partial charge in [0.15, 0.2) is 0 Å². The molecule has 3 nitrogen and oxygen atoms in total. The molecule has 0 fully saturated rings. The van der Waals surface area contributed by atoms with E-state index in [4.69, 9.17) is 10.5 Å². The predicted molar refractivity (Wildman–Crippen MR) is 85.5 cm³/mol. The smallest absolute Gasteiger partial charge is 0.122 e. The Morgan fingerprint density at radius 3 is 2.45 bits per heavy atom. The van der Waals surface area contributed by atoms with Crippen LogP contribution in [0.15, 0.2) is 17.5 Å². The van der Waals surface area contributed by atoms with Crippen LogP contribution in [0.4, 0.5) is 0 Å². The van der Waals surface area contributed by atoms with Gasteiger partial charge in [0.05, 0.1) is 18.8 Å². The van der Waals surface area contributed by atoms with Crippen LogP contribution in [-0.4, -0.2) is 12.1 Å². The number of rotatable bonds is 4. The quantitative estimate of drug-likeness (QED) is 0.914. The van der Waals surface area contributed by atoms with Crippen LogP contribution in [0, 0.1) is 6.92 Å². The van der Waals surface area contributed by atoms with Crippen molar-refractivity contribution < 1.29 is 4.74 Å². The summed E-state index contributed by atoms with van der Waals surface area (Å²) < 4.78 is 5.48. The molecule has 0 aliphatic carbocycles. The molecule has 1 unspecified atom stereocenters. The van der Waals surface area contributed by atoms with Gasteiger partial charge in [0, 0.05) is 10.9 Å². The first-order valence-electron chi connectivity index (χ1n) is 6.84. The number of ether oxygens (including phenoxy) is 1. The van der Waals surface area contributed by atoms with Crippen molar-refractivity contribution in [2.24, 2.45) is 5.73 Å². The van der Waals surface area contributed by atoms with E-state index < -0.39 is 0 Å². The molecule has 1 atom stereocenters. The fourth-order valence-electron chi connectivity index (χ4n) is 2.22. The Morgan fingerprint density at radius 1 is 1.25 bits per heavy atom. The van der Waals surface area contributed by atoms with E-state index in [9.17, 15) is 0 Å². The third-order valence-corrected chi connectivity index (χ3v) is 4.43. The third kappa shape index (κ3) is 2.86. The predicted octanol–water partition coefficient (Wildman–Crippen LogP) is 4.27. The van der Waals surface area contributed by atoms with Crippen LogP contribution in [0.1, 0.15) is 48.9 Å². The van der Waals surface area contributed by atoms with E-state index in [0.717, 1.165) is 22.0 Å². The molecule has 0 aliphatic heterocycles. The number of hydrogen-bond acceptors (Lipinski definition) is 4. The number of aryl methyl sites for hydroxylation is 1. The molecule has 20 heavy (non-hydrogen) atoms. The molecule has 0 amide bonds. The van der Waals surface area contributed by atoms with E-state index >= 15 is 0 Å². The fourth-order valence-corrected chi connectivity index (χ4v) is 3.00. The van der Waals surface area contributed by atoms with Gasteiger partial charge in [0.2, 0.25) is 0 Å². The number of thiazole rings is 1. The molecule has 2 aromatic rings. The second kappa shape index (κ2) is 5.94. The Kier molecular flexibility index (Phi) is 4.45. The van der Waals surface area contributed by atoms with Gasteiger partial charge in [-0.3, -0.25) is 0 Å². The van der Waals surface area contributed by atoms with Crippen LogP contribution in [0.5, 0.6) is 5.75 Å². The van der Waals surface area contributed by atoms with Gasteiger partial charge in [-0.2, -0.15) is 0 Å². The summed E-state index contributed by atoms with van der Waals surface area (Å²) in [5.41, 5.74) is 10.4. The summed E-state index contributed by atoms with van der Waals surface area (Å²) in [6.45, 7) is 8.40. The van der Waals surface area contributed by atoms with Gasteiger partial charge >= 0.3 is 0 Å². The van der Waals surface area contributed by atoms with E-state index in [1.54, 1.807) is 18.4 Å². The summed E-state index contributed by atoms with van der Waals surface area (Å²) in [6, 6.07) is 4.27. The molecular weight excluding hydrogens is 268 g/mol. The van der Waals surface area contributed by atoms with Gasteiger partial charge < -0.3 is 10.5 Å². The molecule has 0 saturated carbocycles. The highest BCUT2D eigenvalue weighted by molar-refractivity contribution is 7.10. The molecular formula is C16H22N2OS. The first kappa shape index (κ1) is 15.0. The van der Waals surface area contributed by atoms with Crippen molar-refractivity contribution in [2.45, 2.75) is 39.7 Å². The minimum atomic E-state index is -0.0168. The molecule has 0 aliphatic rings. The maximum absolute atomic E-state index is 5.89. The van der Waals surface area contributed by atoms with Crippen molar-refractivity contribution in [3.05, 3.63) is 33.6 Å². The zero-order valence-corrected chi connectivity index (χ0v) is 13.5. The highest BCUT2D eigenvalue weighted by Gasteiger charge is 2.15. The van der Waals surface area contributed by atoms with E-state index in [0.29, 0.717) is 5.92 Å². The molecule has 0 saturated heterocycles. The Bertz CT molecular complexity index is 603. The van der Waals surface area contributed by atoms with Crippen LogP contribution in [0.2, 0.25) is 0 Å². The number of hydrogen-bond donors (Lipinski definition) is 1. The number of nitrogens with two attached hydrogens (primary N) is 1. The number of benzene rings is 1. The zero-order valence-electron chi connectivity index (χ0n) is 12.7. The lowest BCUT2D eigenvalue weighted by atomic mass is 9.95. The molecule has 108 valence electrons. The lowest BCUT2D eigenvalue weighted by molar-refractivity contribution is 0.407. The highest BCUT2D eigenvalue weighted by atomic mass is 32.1. The number of aromatic nitrogens is 1. The summed E-state index contributed by atoms with van der Waals surface area (Å²) >= 11 is 1.62. The fraction of sp³-hybridized carbons (Fsp3) is 0.438. The van der Waals surface area contributed by atoms with Gasteiger partial charge in [-0.1, -0.05) is 13.8 Å². The van der Waals surface area contributed by atoms with Gasteiger partial charge in [0.1, 0.15) is 10.8 Å². The van der Waals surface area contributed by atoms with Crippen molar-refractivity contribution in [1.82, 2.24) is 4.98 Å². The molecule has 4 heteroatoms. The molecule has 2 N–H and O–H groups in total. The van der Waals surface area contributed by atoms with Gasteiger partial charge in [-0.15, -0.1) is 11.3 Å². The Hall–Kier alpha value is -1.39. The average Bonchev–Trinajstić information content (AvgIpc) is 2.87. The standard InChI is InChI=1S/C16H22N2OS/c1-9(2)12-7-13(10(3)6-15(12)19-5)14-8-20-16(18-14)11(4)17/h6-9,11H,17H2,1-5H3. The molecule has 2 rings (SSSR count). The van der Waals surface area contributed by atoms with E-state index in [2.05, 4.69) is 43.3 Å². The van der Waals surface area contributed by atoms with Gasteiger partial charge in [-0.05, 0) is 43.0 Å². The third-order valence-electron chi connectivity index (χ3n) is 3.39. The second-order valence-electron chi connectivity index (χ2n) is 5.42. The molecule has 0 bridgehead atoms. The second-order valence-corrected chi connectivity index (χ2v) is 6.31. The molecule has 1 aromatic heterocycles. The largest absolute Gasteiger partial charge is 0.496 e. The SMILES string of the molecule is COc1cc(C)c(-c2csc(C(C)N)n2)cc1C(C)C. The molecule has 1 aromatic carbocycles. The topological polar surface area (TPSA) is 48.1 Å². The van der Waals surface area contributed by atoms with Crippen molar-refractivity contribution in [3.63, 3.8) is 0 Å². The lowest BCUT2D eigenvalue weighted by Gasteiger charge is -2.15. The van der Waals surface area contributed by atoms with Crippen molar-refractivity contribution in [2.75, 3.05) is 7.11 Å². The Morgan fingerprint density at radius 2 is 1.95 bits per heavy atom. The Labute approximate surface area is 124 Å². The summed E-state index contributed by atoms with van der Waals surface area (Å²) in [6.07, 6.45) is 0. The van der Waals surface area contributed by atoms with Crippen LogP contribution in [0.25, 0.3) is 11.3 Å². The summed E-state index contributed by atoms with van der Waals surface area (Å²) in [7, 11) is 1.72. The molecule has 0 radical (unpaired) electrons. The molecule has 1 heterocycles. The summed E-state index contributed by atoms with van der Waals surface area (Å²) in [5, 5.41) is 3.05. The van der Waals surface area contributed by atoms with E-state index in [-0.39, 0.29) is 6.04 Å². The lowest BCUT2D eigenvalue weighted by Crippen LogP contribution is -2.04. The zero-order chi connectivity index (χ0) is 14.9. The van der Waals surface area contributed by atoms with Crippen LogP contribution >= 0.6 is 11.3 Å². The van der Waals surface area contributed by atoms with Crippen LogP contribution in [-0.2, 0) is 0 Å². The van der Waals surface area contributed by atoms with Gasteiger partial charge in [0.25, 0.3) is 0 Å². The summed E-state index contributed by atoms with van der Waals surface area (Å²) in [4.78, 5) is 4.65. The van der Waals surface area contributed by atoms with Crippen molar-refractivity contribution in [1.29, 1.82) is 0 Å². The van der Waals surface area contributed by atoms with Crippen LogP contribution in [0.3, 0.4) is 0 Å². The highest BCUT2D eigenvalue weighted by Crippen LogP contribution is 2.35. The molecule has 0 spiro atoms. The van der Waals surface area contributed by atoms with E-state index in [1.807, 2.05) is 6.92 Å². The minimum absolute atomic E-state index is 0.0168. The van der Waals surface area contributed by atoms with Crippen molar-refractivity contribution in [3.8, 4) is 17.0 Å². The first-order chi connectivity index (χ1) is 9.43. The average molecular weight is 290 g/mol. The van der Waals surface area contributed by atoms with Crippen LogP contribution < -0.4 is 10.5 Å². The maximum atomic E-state index is 5.89. The monoisotopic (exact) mass is 290 g/mol. The normalized spacial score (nSPS) is 12.8. The maximum Gasteiger partial charge on any atom is 0.122 e. The minimum Gasteiger partial charge on any atom is -0.496 e.